The molecule has 12 nitrogen and oxygen atoms in total. The van der Waals surface area contributed by atoms with Gasteiger partial charge in [-0.1, -0.05) is 41.0 Å². The van der Waals surface area contributed by atoms with E-state index < -0.39 is 63.5 Å². The summed E-state index contributed by atoms with van der Waals surface area (Å²) >= 11 is 0. The zero-order valence-electron chi connectivity index (χ0n) is 32.0. The highest BCUT2D eigenvalue weighted by atomic mass is 16.7. The Labute approximate surface area is 328 Å². The average Bonchev–Trinajstić information content (AvgIpc) is 3.37. The van der Waals surface area contributed by atoms with Gasteiger partial charge in [0.05, 0.1) is 5.56 Å². The standard InChI is InChI=1S/C45H44O12/c1-21(2)6-10-29-40(52)37(41(53)38-42(29)57-44(15-14-22(3)4)32-13-9-26(48)20-35(32)56-45(44,55)43(38)54)31-17-23(5)16-30(27-11-7-24(46)18-33(27)49)36(31)39(51)28-12-8-25(47)19-34(28)50/h6-9,11-14,17-20,30-31,36,46-50,52-53,55H,10,15-16H2,1-5H3/t30-,31+,36-,44-,45-/m0/s1. The average molecular weight is 777 g/mol. The van der Waals surface area contributed by atoms with Crippen molar-refractivity contribution in [3.05, 3.63) is 123 Å². The number of phenols is 7. The van der Waals surface area contributed by atoms with Crippen molar-refractivity contribution in [2.24, 2.45) is 5.92 Å². The van der Waals surface area contributed by atoms with Crippen molar-refractivity contribution in [3.63, 3.8) is 0 Å². The number of aromatic hydroxyl groups is 7. The van der Waals surface area contributed by atoms with Gasteiger partial charge in [0.25, 0.3) is 0 Å². The molecule has 12 heteroatoms. The Balaban J connectivity index is 1.52. The van der Waals surface area contributed by atoms with Crippen LogP contribution in [0.5, 0.6) is 51.7 Å². The van der Waals surface area contributed by atoms with Crippen LogP contribution in [0.2, 0.25) is 0 Å². The Kier molecular flexibility index (Phi) is 9.52. The molecule has 0 saturated carbocycles. The molecule has 3 aliphatic rings. The van der Waals surface area contributed by atoms with Crippen LogP contribution in [0.15, 0.2) is 89.5 Å². The number of allylic oxidation sites excluding steroid dienone is 5. The molecule has 1 aliphatic carbocycles. The zero-order valence-corrected chi connectivity index (χ0v) is 32.0. The quantitative estimate of drug-likeness (QED) is 0.0637. The minimum Gasteiger partial charge on any atom is -0.508 e. The number of rotatable bonds is 8. The Morgan fingerprint density at radius 2 is 1.44 bits per heavy atom. The van der Waals surface area contributed by atoms with Gasteiger partial charge >= 0.3 is 5.79 Å². The summed E-state index contributed by atoms with van der Waals surface area (Å²) < 4.78 is 12.7. The van der Waals surface area contributed by atoms with Gasteiger partial charge in [-0.3, -0.25) is 9.59 Å². The van der Waals surface area contributed by atoms with Gasteiger partial charge in [0.15, 0.2) is 5.78 Å². The van der Waals surface area contributed by atoms with Gasteiger partial charge in [-0.25, -0.2) is 0 Å². The Bertz CT molecular complexity index is 2450. The highest BCUT2D eigenvalue weighted by molar-refractivity contribution is 6.10. The molecule has 0 spiro atoms. The van der Waals surface area contributed by atoms with E-state index in [1.165, 1.54) is 42.5 Å². The molecule has 5 atom stereocenters. The van der Waals surface area contributed by atoms with Crippen LogP contribution in [0.1, 0.15) is 102 Å². The van der Waals surface area contributed by atoms with Gasteiger partial charge in [0, 0.05) is 59.1 Å². The van der Waals surface area contributed by atoms with E-state index in [1.807, 2.05) is 27.7 Å². The molecule has 0 fully saturated rings. The van der Waals surface area contributed by atoms with E-state index in [9.17, 15) is 45.6 Å². The first kappa shape index (κ1) is 38.9. The predicted octanol–water partition coefficient (Wildman–Crippen LogP) is 7.76. The number of ketones is 2. The number of benzene rings is 4. The molecule has 8 N–H and O–H groups in total. The Morgan fingerprint density at radius 1 is 0.807 bits per heavy atom. The van der Waals surface area contributed by atoms with Crippen molar-refractivity contribution >= 4 is 11.6 Å². The fraction of sp³-hybridized carbons (Fsp3) is 0.289. The third-order valence-electron chi connectivity index (χ3n) is 11.2. The van der Waals surface area contributed by atoms with Crippen LogP contribution in [0.25, 0.3) is 0 Å². The van der Waals surface area contributed by atoms with E-state index >= 15 is 4.79 Å². The molecule has 2 heterocycles. The lowest BCUT2D eigenvalue weighted by Gasteiger charge is -2.44. The first-order valence-corrected chi connectivity index (χ1v) is 18.5. The molecule has 2 aliphatic heterocycles. The molecule has 4 aromatic carbocycles. The molecule has 4 aromatic rings. The van der Waals surface area contributed by atoms with Gasteiger partial charge in [0.2, 0.25) is 11.4 Å². The largest absolute Gasteiger partial charge is 0.508 e. The van der Waals surface area contributed by atoms with E-state index in [1.54, 1.807) is 25.2 Å². The fourth-order valence-electron chi connectivity index (χ4n) is 8.47. The number of hydrogen-bond acceptors (Lipinski definition) is 12. The highest BCUT2D eigenvalue weighted by Crippen LogP contribution is 2.62. The Hall–Kier alpha value is -6.40. The molecule has 57 heavy (non-hydrogen) atoms. The van der Waals surface area contributed by atoms with Crippen molar-refractivity contribution in [3.8, 4) is 51.7 Å². The molecule has 0 saturated heterocycles. The number of aliphatic hydroxyl groups is 1. The number of carbonyl (C=O) groups excluding carboxylic acids is 2. The first-order valence-electron chi connectivity index (χ1n) is 18.5. The SMILES string of the molecule is CC(C)=CCc1c(O)c([C@@H]2C=C(C)C[C@@H](c3ccc(O)cc3O)[C@@H]2C(=O)c2ccc(O)cc2O)c(O)c2c1O[C@@]1(CC=C(C)C)c3ccc(O)cc3O[C@@]1(O)C2=O. The minimum atomic E-state index is -2.78. The van der Waals surface area contributed by atoms with Gasteiger partial charge < -0.3 is 50.3 Å². The van der Waals surface area contributed by atoms with Crippen molar-refractivity contribution in [1.29, 1.82) is 0 Å². The van der Waals surface area contributed by atoms with Crippen LogP contribution >= 0.6 is 0 Å². The number of hydrogen-bond donors (Lipinski definition) is 8. The third-order valence-corrected chi connectivity index (χ3v) is 11.2. The summed E-state index contributed by atoms with van der Waals surface area (Å²) in [4.78, 5) is 29.9. The molecule has 296 valence electrons. The summed E-state index contributed by atoms with van der Waals surface area (Å²) in [5.41, 5.74) is 0.0194. The second-order valence-electron chi connectivity index (χ2n) is 15.6. The second-order valence-corrected chi connectivity index (χ2v) is 15.6. The summed E-state index contributed by atoms with van der Waals surface area (Å²) in [6.45, 7) is 9.08. The lowest BCUT2D eigenvalue weighted by atomic mass is 9.64. The van der Waals surface area contributed by atoms with Gasteiger partial charge in [-0.2, -0.15) is 0 Å². The lowest BCUT2D eigenvalue weighted by Crippen LogP contribution is -2.62. The summed E-state index contributed by atoms with van der Waals surface area (Å²) in [6, 6.07) is 11.5. The van der Waals surface area contributed by atoms with Crippen LogP contribution in [-0.2, 0) is 12.0 Å². The van der Waals surface area contributed by atoms with Gasteiger partial charge in [0.1, 0.15) is 57.3 Å². The predicted molar refractivity (Wildman–Crippen MR) is 208 cm³/mol. The number of carbonyl (C=O) groups is 2. The molecule has 0 unspecified atom stereocenters. The second kappa shape index (κ2) is 14.0. The first-order chi connectivity index (χ1) is 26.9. The van der Waals surface area contributed by atoms with E-state index in [4.69, 9.17) is 9.47 Å². The van der Waals surface area contributed by atoms with Crippen molar-refractivity contribution in [2.45, 2.75) is 77.1 Å². The fourth-order valence-corrected chi connectivity index (χ4v) is 8.47. The summed E-state index contributed by atoms with van der Waals surface area (Å²) in [5.74, 6) is -11.1. The molecule has 0 bridgehead atoms. The van der Waals surface area contributed by atoms with Crippen molar-refractivity contribution < 1.29 is 59.9 Å². The zero-order chi connectivity index (χ0) is 41.3. The molecular formula is C45H44O12. The van der Waals surface area contributed by atoms with Crippen LogP contribution in [0, 0.1) is 5.92 Å². The molecule has 7 rings (SSSR count). The molecule has 0 amide bonds. The number of phenolic OH excluding ortho intramolecular Hbond substituents is 7. The lowest BCUT2D eigenvalue weighted by molar-refractivity contribution is -0.202. The van der Waals surface area contributed by atoms with Crippen LogP contribution in [-0.4, -0.2) is 58.2 Å². The number of Topliss-reactive ketones (excluding diaryl/α,β-unsaturated/α-hetero) is 2. The maximum Gasteiger partial charge on any atom is 0.318 e. The van der Waals surface area contributed by atoms with Crippen molar-refractivity contribution in [1.82, 2.24) is 0 Å². The monoisotopic (exact) mass is 776 g/mol. The highest BCUT2D eigenvalue weighted by Gasteiger charge is 2.70. The third kappa shape index (κ3) is 6.20. The number of ether oxygens (including phenoxy) is 2. The van der Waals surface area contributed by atoms with Gasteiger partial charge in [-0.05, 0) is 83.4 Å². The normalized spacial score (nSPS) is 23.2. The molecular weight excluding hydrogens is 732 g/mol. The van der Waals surface area contributed by atoms with Crippen LogP contribution in [0.4, 0.5) is 0 Å². The summed E-state index contributed by atoms with van der Waals surface area (Å²) in [7, 11) is 0. The van der Waals surface area contributed by atoms with E-state index in [2.05, 4.69) is 0 Å². The van der Waals surface area contributed by atoms with Crippen molar-refractivity contribution in [2.75, 3.05) is 0 Å². The van der Waals surface area contributed by atoms with Crippen LogP contribution in [0.3, 0.4) is 0 Å². The van der Waals surface area contributed by atoms with E-state index in [0.29, 0.717) is 5.57 Å². The number of fused-ring (bicyclic) bond motifs is 4. The summed E-state index contributed by atoms with van der Waals surface area (Å²) in [6.07, 6.45) is 5.27. The molecule has 0 aromatic heterocycles. The van der Waals surface area contributed by atoms with E-state index in [-0.39, 0.29) is 81.6 Å². The maximum absolute atomic E-state index is 15.0. The Morgan fingerprint density at radius 3 is 2.09 bits per heavy atom. The summed E-state index contributed by atoms with van der Waals surface area (Å²) in [5, 5.41) is 90.0. The topological polar surface area (TPSA) is 214 Å². The minimum absolute atomic E-state index is 0.0214. The van der Waals surface area contributed by atoms with Gasteiger partial charge in [-0.15, -0.1) is 0 Å². The van der Waals surface area contributed by atoms with E-state index in [0.717, 1.165) is 23.3 Å². The maximum atomic E-state index is 15.0. The van der Waals surface area contributed by atoms with Crippen LogP contribution < -0.4 is 9.47 Å². The molecule has 0 radical (unpaired) electrons. The smallest absolute Gasteiger partial charge is 0.318 e.